The Labute approximate surface area is 136 Å². The normalized spacial score (nSPS) is 11.7. The van der Waals surface area contributed by atoms with Crippen LogP contribution in [0.4, 0.5) is 11.4 Å². The number of carbonyl (C=O) groups is 2. The van der Waals surface area contributed by atoms with Gasteiger partial charge in [-0.25, -0.2) is 0 Å². The van der Waals surface area contributed by atoms with Crippen LogP contribution in [-0.2, 0) is 16.1 Å². The maximum absolute atomic E-state index is 12.2. The highest BCUT2D eigenvalue weighted by atomic mass is 16.6. The number of aliphatic carboxylic acids is 1. The smallest absolute Gasteiger partial charge is 0.283 e. The summed E-state index contributed by atoms with van der Waals surface area (Å²) in [6, 6.07) is 7.72. The predicted octanol–water partition coefficient (Wildman–Crippen LogP) is -0.601. The quantitative estimate of drug-likeness (QED) is 0.488. The molecule has 126 valence electrons. The summed E-state index contributed by atoms with van der Waals surface area (Å²) >= 11 is 0. The van der Waals surface area contributed by atoms with Crippen molar-refractivity contribution in [3.63, 3.8) is 0 Å². The van der Waals surface area contributed by atoms with Crippen LogP contribution >= 0.6 is 0 Å². The number of hydrogen-bond acceptors (Lipinski definition) is 6. The van der Waals surface area contributed by atoms with Gasteiger partial charge in [0.1, 0.15) is 6.54 Å². The topological polar surface area (TPSA) is 142 Å². The molecule has 2 rings (SSSR count). The van der Waals surface area contributed by atoms with Gasteiger partial charge in [0.25, 0.3) is 11.6 Å². The van der Waals surface area contributed by atoms with Crippen LogP contribution in [-0.4, -0.2) is 22.8 Å². The first-order chi connectivity index (χ1) is 11.5. The molecule has 9 heteroatoms. The molecular weight excluding hydrogens is 318 g/mol. The SMILES string of the molecule is O=C([O-])C[C@H]([NH2+]Cc1ccco1)C(=O)Nc1ccc([N+](=O)[O-])cc1. The molecule has 1 aromatic heterocycles. The fraction of sp³-hybridized carbons (Fsp3) is 0.200. The number of rotatable bonds is 8. The molecule has 1 heterocycles. The fourth-order valence-electron chi connectivity index (χ4n) is 2.05. The molecule has 0 unspecified atom stereocenters. The molecular formula is C15H15N3O6. The molecule has 0 saturated carbocycles. The summed E-state index contributed by atoms with van der Waals surface area (Å²) < 4.78 is 5.13. The molecule has 1 amide bonds. The number of non-ortho nitro benzene ring substituents is 1. The first kappa shape index (κ1) is 17.2. The number of nitro groups is 1. The number of nitrogens with one attached hydrogen (secondary N) is 1. The van der Waals surface area contributed by atoms with E-state index in [0.29, 0.717) is 18.0 Å². The van der Waals surface area contributed by atoms with E-state index >= 15 is 0 Å². The molecule has 9 nitrogen and oxygen atoms in total. The summed E-state index contributed by atoms with van der Waals surface area (Å²) in [6.45, 7) is 0.290. The lowest BCUT2D eigenvalue weighted by Gasteiger charge is -2.15. The number of nitrogens with zero attached hydrogens (tertiary/aromatic N) is 1. The second-order valence-electron chi connectivity index (χ2n) is 5.00. The minimum absolute atomic E-state index is 0.108. The van der Waals surface area contributed by atoms with Gasteiger partial charge in [-0.05, 0) is 24.3 Å². The number of nitrogens with two attached hydrogens (primary N) is 1. The van der Waals surface area contributed by atoms with E-state index in [2.05, 4.69) is 5.32 Å². The van der Waals surface area contributed by atoms with Crippen molar-refractivity contribution < 1.29 is 29.4 Å². The predicted molar refractivity (Wildman–Crippen MR) is 79.5 cm³/mol. The zero-order valence-corrected chi connectivity index (χ0v) is 12.5. The Bertz CT molecular complexity index is 711. The van der Waals surface area contributed by atoms with Crippen molar-refractivity contribution in [3.8, 4) is 0 Å². The van der Waals surface area contributed by atoms with Crippen molar-refractivity contribution in [2.75, 3.05) is 5.32 Å². The highest BCUT2D eigenvalue weighted by Gasteiger charge is 2.23. The number of hydrogen-bond donors (Lipinski definition) is 2. The van der Waals surface area contributed by atoms with Gasteiger partial charge < -0.3 is 25.0 Å². The average molecular weight is 333 g/mol. The molecule has 0 radical (unpaired) electrons. The monoisotopic (exact) mass is 333 g/mol. The van der Waals surface area contributed by atoms with Gasteiger partial charge in [0.05, 0.1) is 11.2 Å². The molecule has 24 heavy (non-hydrogen) atoms. The maximum atomic E-state index is 12.2. The fourth-order valence-corrected chi connectivity index (χ4v) is 2.05. The van der Waals surface area contributed by atoms with Gasteiger partial charge in [0.15, 0.2) is 11.8 Å². The summed E-state index contributed by atoms with van der Waals surface area (Å²) in [5, 5.41) is 25.5. The third-order valence-corrected chi connectivity index (χ3v) is 3.25. The van der Waals surface area contributed by atoms with Crippen molar-refractivity contribution >= 4 is 23.3 Å². The van der Waals surface area contributed by atoms with E-state index in [9.17, 15) is 24.8 Å². The van der Waals surface area contributed by atoms with Gasteiger partial charge in [-0.3, -0.25) is 14.9 Å². The lowest BCUT2D eigenvalue weighted by molar-refractivity contribution is -0.693. The van der Waals surface area contributed by atoms with E-state index in [0.717, 1.165) is 0 Å². The molecule has 0 aliphatic heterocycles. The Kier molecular flexibility index (Phi) is 5.63. The third-order valence-electron chi connectivity index (χ3n) is 3.25. The summed E-state index contributed by atoms with van der Waals surface area (Å²) in [6.07, 6.45) is 1.01. The Hall–Kier alpha value is -3.20. The summed E-state index contributed by atoms with van der Waals surface area (Å²) in [5.74, 6) is -1.30. The van der Waals surface area contributed by atoms with Crippen LogP contribution in [0, 0.1) is 10.1 Å². The molecule has 1 atom stereocenters. The Balaban J connectivity index is 2.00. The standard InChI is InChI=1S/C15H15N3O6/c19-14(20)8-13(16-9-12-2-1-7-24-12)15(21)17-10-3-5-11(6-4-10)18(22)23/h1-7,13,16H,8-9H2,(H,17,21)(H,19,20)/t13-/m0/s1. The van der Waals surface area contributed by atoms with Crippen molar-refractivity contribution in [1.29, 1.82) is 0 Å². The number of carboxylic acids is 1. The van der Waals surface area contributed by atoms with Crippen LogP contribution in [0.2, 0.25) is 0 Å². The first-order valence-electron chi connectivity index (χ1n) is 7.06. The van der Waals surface area contributed by atoms with Gasteiger partial charge in [0.2, 0.25) is 0 Å². The van der Waals surface area contributed by atoms with Crippen LogP contribution in [0.25, 0.3) is 0 Å². The zero-order chi connectivity index (χ0) is 17.5. The second-order valence-corrected chi connectivity index (χ2v) is 5.00. The highest BCUT2D eigenvalue weighted by Crippen LogP contribution is 2.15. The molecule has 2 aromatic rings. The Morgan fingerprint density at radius 2 is 1.96 bits per heavy atom. The van der Waals surface area contributed by atoms with Crippen molar-refractivity contribution in [2.24, 2.45) is 0 Å². The minimum Gasteiger partial charge on any atom is -0.550 e. The molecule has 0 spiro atoms. The van der Waals surface area contributed by atoms with Crippen LogP contribution in [0.1, 0.15) is 12.2 Å². The number of benzene rings is 1. The van der Waals surface area contributed by atoms with Crippen LogP contribution < -0.4 is 15.7 Å². The lowest BCUT2D eigenvalue weighted by atomic mass is 10.1. The Morgan fingerprint density at radius 3 is 2.50 bits per heavy atom. The van der Waals surface area contributed by atoms with Crippen LogP contribution in [0.3, 0.4) is 0 Å². The number of furan rings is 1. The summed E-state index contributed by atoms with van der Waals surface area (Å²) in [5.41, 5.74) is 0.226. The van der Waals surface area contributed by atoms with Crippen molar-refractivity contribution in [2.45, 2.75) is 19.0 Å². The minimum atomic E-state index is -1.35. The number of amides is 1. The van der Waals surface area contributed by atoms with Gasteiger partial charge in [-0.15, -0.1) is 0 Å². The van der Waals surface area contributed by atoms with Gasteiger partial charge in [-0.2, -0.15) is 0 Å². The van der Waals surface area contributed by atoms with E-state index in [-0.39, 0.29) is 5.69 Å². The van der Waals surface area contributed by atoms with Gasteiger partial charge in [-0.1, -0.05) is 0 Å². The third kappa shape index (κ3) is 4.92. The van der Waals surface area contributed by atoms with Crippen molar-refractivity contribution in [3.05, 3.63) is 58.5 Å². The zero-order valence-electron chi connectivity index (χ0n) is 12.5. The van der Waals surface area contributed by atoms with Crippen molar-refractivity contribution in [1.82, 2.24) is 0 Å². The van der Waals surface area contributed by atoms with Gasteiger partial charge >= 0.3 is 0 Å². The van der Waals surface area contributed by atoms with Gasteiger partial charge in [0, 0.05) is 30.2 Å². The average Bonchev–Trinajstić information content (AvgIpc) is 3.05. The molecule has 0 fully saturated rings. The molecule has 3 N–H and O–H groups in total. The molecule has 0 aliphatic carbocycles. The molecule has 0 saturated heterocycles. The summed E-state index contributed by atoms with van der Waals surface area (Å²) in [4.78, 5) is 33.1. The van der Waals surface area contributed by atoms with Crippen LogP contribution in [0.5, 0.6) is 0 Å². The van der Waals surface area contributed by atoms with E-state index < -0.39 is 29.3 Å². The van der Waals surface area contributed by atoms with Crippen LogP contribution in [0.15, 0.2) is 47.1 Å². The number of nitro benzene ring substituents is 1. The molecule has 1 aromatic carbocycles. The summed E-state index contributed by atoms with van der Waals surface area (Å²) in [7, 11) is 0. The highest BCUT2D eigenvalue weighted by molar-refractivity contribution is 5.95. The second kappa shape index (κ2) is 7.88. The number of carboxylic acid groups (broad SMARTS) is 1. The first-order valence-corrected chi connectivity index (χ1v) is 7.06. The van der Waals surface area contributed by atoms with E-state index in [1.165, 1.54) is 35.8 Å². The maximum Gasteiger partial charge on any atom is 0.283 e. The lowest BCUT2D eigenvalue weighted by Crippen LogP contribution is -2.91. The number of anilines is 1. The largest absolute Gasteiger partial charge is 0.550 e. The molecule has 0 aliphatic rings. The van der Waals surface area contributed by atoms with E-state index in [1.54, 1.807) is 12.1 Å². The van der Waals surface area contributed by atoms with E-state index in [1.807, 2.05) is 0 Å². The number of carbonyl (C=O) groups excluding carboxylic acids is 2. The number of quaternary nitrogens is 1. The van der Waals surface area contributed by atoms with E-state index in [4.69, 9.17) is 4.42 Å². The molecule has 0 bridgehead atoms. The Morgan fingerprint density at radius 1 is 1.25 bits per heavy atom.